The lowest BCUT2D eigenvalue weighted by atomic mass is 10.3. The fourth-order valence-corrected chi connectivity index (χ4v) is 1.42. The van der Waals surface area contributed by atoms with Crippen molar-refractivity contribution in [1.82, 2.24) is 4.98 Å². The monoisotopic (exact) mass is 221 g/mol. The van der Waals surface area contributed by atoms with Gasteiger partial charge in [-0.3, -0.25) is 4.79 Å². The van der Waals surface area contributed by atoms with E-state index in [4.69, 9.17) is 11.6 Å². The number of pyridine rings is 1. The Kier molecular flexibility index (Phi) is 2.51. The van der Waals surface area contributed by atoms with Gasteiger partial charge in [-0.15, -0.1) is 0 Å². The lowest BCUT2D eigenvalue weighted by Crippen LogP contribution is -2.03. The average molecular weight is 222 g/mol. The van der Waals surface area contributed by atoms with Gasteiger partial charge in [-0.05, 0) is 5.56 Å². The van der Waals surface area contributed by atoms with Crippen LogP contribution in [0.3, 0.4) is 0 Å². The Bertz CT molecular complexity index is 283. The van der Waals surface area contributed by atoms with Gasteiger partial charge in [0.05, 0.1) is 5.02 Å². The first-order chi connectivity index (χ1) is 4.74. The van der Waals surface area contributed by atoms with Crippen LogP contribution in [0.4, 0.5) is 0 Å². The molecule has 0 aromatic carbocycles. The molecule has 1 N–H and O–H groups in total. The lowest BCUT2D eigenvalue weighted by molar-refractivity contribution is 1.19. The van der Waals surface area contributed by atoms with Crippen LogP contribution in [-0.2, 0) is 5.33 Å². The minimum Gasteiger partial charge on any atom is -0.329 e. The molecule has 0 saturated carbocycles. The molecule has 1 heterocycles. The number of H-pyrrole nitrogens is 1. The van der Waals surface area contributed by atoms with Gasteiger partial charge in [0.1, 0.15) is 0 Å². The standard InChI is InChI=1S/C6H5BrClNO/c7-2-4-3-9-6(10)1-5(4)8/h1,3H,2H2,(H,9,10). The molecule has 0 unspecified atom stereocenters. The summed E-state index contributed by atoms with van der Waals surface area (Å²) in [7, 11) is 0. The summed E-state index contributed by atoms with van der Waals surface area (Å²) < 4.78 is 0. The second-order valence-electron chi connectivity index (χ2n) is 1.80. The first kappa shape index (κ1) is 7.82. The van der Waals surface area contributed by atoms with Crippen molar-refractivity contribution in [3.05, 3.63) is 33.2 Å². The zero-order chi connectivity index (χ0) is 7.56. The third-order valence-electron chi connectivity index (χ3n) is 1.10. The maximum Gasteiger partial charge on any atom is 0.249 e. The van der Waals surface area contributed by atoms with Crippen molar-refractivity contribution in [2.24, 2.45) is 0 Å². The van der Waals surface area contributed by atoms with Crippen LogP contribution in [0.5, 0.6) is 0 Å². The maximum absolute atomic E-state index is 10.6. The van der Waals surface area contributed by atoms with Gasteiger partial charge in [0.2, 0.25) is 5.56 Å². The molecule has 54 valence electrons. The molecule has 0 saturated heterocycles. The van der Waals surface area contributed by atoms with Gasteiger partial charge in [-0.25, -0.2) is 0 Å². The molecule has 4 heteroatoms. The summed E-state index contributed by atoms with van der Waals surface area (Å²) in [5.74, 6) is 0. The molecule has 0 aliphatic rings. The van der Waals surface area contributed by atoms with E-state index in [0.29, 0.717) is 10.4 Å². The van der Waals surface area contributed by atoms with Gasteiger partial charge in [-0.2, -0.15) is 0 Å². The predicted molar refractivity (Wildman–Crippen MR) is 44.7 cm³/mol. The fraction of sp³-hybridized carbons (Fsp3) is 0.167. The summed E-state index contributed by atoms with van der Waals surface area (Å²) in [6, 6.07) is 1.36. The molecule has 1 aromatic rings. The number of alkyl halides is 1. The second-order valence-corrected chi connectivity index (χ2v) is 2.77. The van der Waals surface area contributed by atoms with Gasteiger partial charge in [-0.1, -0.05) is 27.5 Å². The summed E-state index contributed by atoms with van der Waals surface area (Å²) in [6.07, 6.45) is 1.60. The summed E-state index contributed by atoms with van der Waals surface area (Å²) in [5, 5.41) is 1.16. The molecule has 0 spiro atoms. The molecule has 10 heavy (non-hydrogen) atoms. The highest BCUT2D eigenvalue weighted by atomic mass is 79.9. The van der Waals surface area contributed by atoms with Gasteiger partial charge in [0, 0.05) is 17.6 Å². The van der Waals surface area contributed by atoms with E-state index in [9.17, 15) is 4.79 Å². The second kappa shape index (κ2) is 3.21. The van der Waals surface area contributed by atoms with E-state index >= 15 is 0 Å². The number of halogens is 2. The predicted octanol–water partition coefficient (Wildman–Crippen LogP) is 1.92. The maximum atomic E-state index is 10.6. The number of rotatable bonds is 1. The minimum absolute atomic E-state index is 0.172. The smallest absolute Gasteiger partial charge is 0.249 e. The van der Waals surface area contributed by atoms with Crippen LogP contribution < -0.4 is 5.56 Å². The van der Waals surface area contributed by atoms with Crippen molar-refractivity contribution in [3.63, 3.8) is 0 Å². The molecule has 0 aliphatic carbocycles. The zero-order valence-corrected chi connectivity index (χ0v) is 7.37. The molecule has 0 fully saturated rings. The highest BCUT2D eigenvalue weighted by molar-refractivity contribution is 9.08. The summed E-state index contributed by atoms with van der Waals surface area (Å²) in [5.41, 5.74) is 0.718. The third-order valence-corrected chi connectivity index (χ3v) is 2.05. The molecular weight excluding hydrogens is 217 g/mol. The molecule has 0 radical (unpaired) electrons. The van der Waals surface area contributed by atoms with Gasteiger partial charge < -0.3 is 4.98 Å². The van der Waals surface area contributed by atoms with Gasteiger partial charge >= 0.3 is 0 Å². The molecule has 1 rings (SSSR count). The molecular formula is C6H5BrClNO. The van der Waals surface area contributed by atoms with E-state index in [-0.39, 0.29) is 5.56 Å². The third kappa shape index (κ3) is 1.61. The number of aromatic amines is 1. The van der Waals surface area contributed by atoms with Crippen molar-refractivity contribution in [2.45, 2.75) is 5.33 Å². The Labute approximate surface area is 71.3 Å². The molecule has 0 amide bonds. The van der Waals surface area contributed by atoms with Crippen molar-refractivity contribution in [2.75, 3.05) is 0 Å². The average Bonchev–Trinajstić information content (AvgIpc) is 1.88. The Balaban J connectivity index is 3.19. The molecule has 0 bridgehead atoms. The van der Waals surface area contributed by atoms with E-state index in [1.54, 1.807) is 6.20 Å². The van der Waals surface area contributed by atoms with Crippen LogP contribution >= 0.6 is 27.5 Å². The van der Waals surface area contributed by atoms with Crippen molar-refractivity contribution < 1.29 is 0 Å². The number of hydrogen-bond donors (Lipinski definition) is 1. The van der Waals surface area contributed by atoms with E-state index in [2.05, 4.69) is 20.9 Å². The van der Waals surface area contributed by atoms with Crippen LogP contribution in [0, 0.1) is 0 Å². The molecule has 0 aliphatic heterocycles. The Hall–Kier alpha value is -0.280. The van der Waals surface area contributed by atoms with Crippen molar-refractivity contribution in [1.29, 1.82) is 0 Å². The van der Waals surface area contributed by atoms with Crippen LogP contribution in [0.25, 0.3) is 0 Å². The van der Waals surface area contributed by atoms with Crippen molar-refractivity contribution in [3.8, 4) is 0 Å². The molecule has 0 atom stereocenters. The number of hydrogen-bond acceptors (Lipinski definition) is 1. The normalized spacial score (nSPS) is 9.80. The lowest BCUT2D eigenvalue weighted by Gasteiger charge is -1.95. The van der Waals surface area contributed by atoms with E-state index in [0.717, 1.165) is 5.56 Å². The summed E-state index contributed by atoms with van der Waals surface area (Å²) in [4.78, 5) is 13.1. The van der Waals surface area contributed by atoms with E-state index in [1.807, 2.05) is 0 Å². The topological polar surface area (TPSA) is 32.9 Å². The summed E-state index contributed by atoms with van der Waals surface area (Å²) >= 11 is 8.91. The fourth-order valence-electron chi connectivity index (χ4n) is 0.579. The van der Waals surface area contributed by atoms with E-state index in [1.165, 1.54) is 6.07 Å². The number of aromatic nitrogens is 1. The van der Waals surface area contributed by atoms with Crippen LogP contribution in [0.15, 0.2) is 17.1 Å². The molecule has 1 aromatic heterocycles. The quantitative estimate of drug-likeness (QED) is 0.724. The van der Waals surface area contributed by atoms with Crippen LogP contribution in [0.1, 0.15) is 5.56 Å². The minimum atomic E-state index is -0.172. The molecule has 2 nitrogen and oxygen atoms in total. The first-order valence-corrected chi connectivity index (χ1v) is 4.17. The first-order valence-electron chi connectivity index (χ1n) is 2.67. The SMILES string of the molecule is O=c1cc(Cl)c(CBr)c[nH]1. The van der Waals surface area contributed by atoms with E-state index < -0.39 is 0 Å². The Morgan fingerprint density at radius 2 is 2.40 bits per heavy atom. The van der Waals surface area contributed by atoms with Gasteiger partial charge in [0.25, 0.3) is 0 Å². The number of nitrogens with one attached hydrogen (secondary N) is 1. The summed E-state index contributed by atoms with van der Waals surface area (Å²) in [6.45, 7) is 0. The Morgan fingerprint density at radius 3 is 2.90 bits per heavy atom. The van der Waals surface area contributed by atoms with Crippen LogP contribution in [0.2, 0.25) is 5.02 Å². The zero-order valence-electron chi connectivity index (χ0n) is 5.03. The highest BCUT2D eigenvalue weighted by Crippen LogP contribution is 2.13. The van der Waals surface area contributed by atoms with Crippen molar-refractivity contribution >= 4 is 27.5 Å². The van der Waals surface area contributed by atoms with Crippen LogP contribution in [-0.4, -0.2) is 4.98 Å². The highest BCUT2D eigenvalue weighted by Gasteiger charge is 1.96. The van der Waals surface area contributed by atoms with Gasteiger partial charge in [0.15, 0.2) is 0 Å². The Morgan fingerprint density at radius 1 is 1.70 bits per heavy atom. The largest absolute Gasteiger partial charge is 0.329 e.